The van der Waals surface area contributed by atoms with Crippen LogP contribution in [0.5, 0.6) is 0 Å². The summed E-state index contributed by atoms with van der Waals surface area (Å²) in [7, 11) is 0. The quantitative estimate of drug-likeness (QED) is 0.829. The van der Waals surface area contributed by atoms with Gasteiger partial charge in [-0.1, -0.05) is 29.3 Å². The number of rotatable bonds is 2. The van der Waals surface area contributed by atoms with Gasteiger partial charge in [0.2, 0.25) is 0 Å². The SMILES string of the molecule is FC1(Cc2ccc(Cl)cc2Cl)CNC1. The van der Waals surface area contributed by atoms with Crippen molar-refractivity contribution in [3.05, 3.63) is 33.8 Å². The first-order valence-electron chi connectivity index (χ1n) is 4.43. The van der Waals surface area contributed by atoms with Gasteiger partial charge in [-0.05, 0) is 17.7 Å². The van der Waals surface area contributed by atoms with Crippen LogP contribution in [-0.2, 0) is 6.42 Å². The Morgan fingerprint density at radius 3 is 2.57 bits per heavy atom. The molecule has 0 unspecified atom stereocenters. The first kappa shape index (κ1) is 10.2. The Morgan fingerprint density at radius 1 is 1.36 bits per heavy atom. The Hall–Kier alpha value is -0.310. The largest absolute Gasteiger partial charge is 0.310 e. The highest BCUT2D eigenvalue weighted by Crippen LogP contribution is 2.28. The van der Waals surface area contributed by atoms with Gasteiger partial charge in [0.1, 0.15) is 5.67 Å². The molecule has 1 saturated heterocycles. The number of benzene rings is 1. The highest BCUT2D eigenvalue weighted by Gasteiger charge is 2.37. The minimum absolute atomic E-state index is 0.357. The van der Waals surface area contributed by atoms with Gasteiger partial charge in [0.05, 0.1) is 0 Å². The summed E-state index contributed by atoms with van der Waals surface area (Å²) < 4.78 is 13.7. The van der Waals surface area contributed by atoms with Crippen molar-refractivity contribution in [2.45, 2.75) is 12.1 Å². The Morgan fingerprint density at radius 2 is 2.07 bits per heavy atom. The zero-order valence-corrected chi connectivity index (χ0v) is 9.00. The Balaban J connectivity index is 2.16. The summed E-state index contributed by atoms with van der Waals surface area (Å²) in [6, 6.07) is 5.16. The molecule has 0 spiro atoms. The second-order valence-electron chi connectivity index (χ2n) is 3.67. The lowest BCUT2D eigenvalue weighted by Crippen LogP contribution is -2.57. The Kier molecular flexibility index (Phi) is 2.69. The van der Waals surface area contributed by atoms with Gasteiger partial charge in [-0.25, -0.2) is 4.39 Å². The lowest BCUT2D eigenvalue weighted by Gasteiger charge is -2.35. The molecule has 14 heavy (non-hydrogen) atoms. The average molecular weight is 234 g/mol. The van der Waals surface area contributed by atoms with Crippen LogP contribution in [0.4, 0.5) is 4.39 Å². The summed E-state index contributed by atoms with van der Waals surface area (Å²) in [6.07, 6.45) is 0.357. The number of nitrogens with one attached hydrogen (secondary N) is 1. The van der Waals surface area contributed by atoms with E-state index in [4.69, 9.17) is 23.2 Å². The van der Waals surface area contributed by atoms with Gasteiger partial charge in [0.15, 0.2) is 0 Å². The van der Waals surface area contributed by atoms with Crippen molar-refractivity contribution in [1.82, 2.24) is 5.32 Å². The van der Waals surface area contributed by atoms with Crippen LogP contribution in [0.1, 0.15) is 5.56 Å². The van der Waals surface area contributed by atoms with E-state index in [0.717, 1.165) is 5.56 Å². The molecule has 0 aromatic heterocycles. The number of alkyl halides is 1. The fraction of sp³-hybridized carbons (Fsp3) is 0.400. The monoisotopic (exact) mass is 233 g/mol. The molecular formula is C10H10Cl2FN. The fourth-order valence-corrected chi connectivity index (χ4v) is 2.00. The van der Waals surface area contributed by atoms with Crippen molar-refractivity contribution in [2.24, 2.45) is 0 Å². The summed E-state index contributed by atoms with van der Waals surface area (Å²) in [6.45, 7) is 0.817. The van der Waals surface area contributed by atoms with Gasteiger partial charge in [0.25, 0.3) is 0 Å². The molecule has 1 aliphatic rings. The minimum atomic E-state index is -1.13. The first-order chi connectivity index (χ1) is 6.59. The van der Waals surface area contributed by atoms with E-state index < -0.39 is 5.67 Å². The third-order valence-corrected chi connectivity index (χ3v) is 2.99. The number of halogens is 3. The molecule has 4 heteroatoms. The van der Waals surface area contributed by atoms with Crippen LogP contribution < -0.4 is 5.32 Å². The molecule has 0 bridgehead atoms. The van der Waals surface area contributed by atoms with Gasteiger partial charge in [-0.15, -0.1) is 0 Å². The van der Waals surface area contributed by atoms with E-state index in [1.165, 1.54) is 0 Å². The van der Waals surface area contributed by atoms with Gasteiger partial charge in [0, 0.05) is 29.6 Å². The molecule has 1 heterocycles. The molecule has 1 aromatic rings. The summed E-state index contributed by atoms with van der Waals surface area (Å²) in [4.78, 5) is 0. The zero-order valence-electron chi connectivity index (χ0n) is 7.49. The van der Waals surface area contributed by atoms with E-state index in [2.05, 4.69) is 5.32 Å². The third-order valence-electron chi connectivity index (χ3n) is 2.41. The van der Waals surface area contributed by atoms with E-state index in [1.54, 1.807) is 18.2 Å². The normalized spacial score (nSPS) is 19.1. The highest BCUT2D eigenvalue weighted by atomic mass is 35.5. The van der Waals surface area contributed by atoms with Gasteiger partial charge >= 0.3 is 0 Å². The molecule has 2 rings (SSSR count). The molecule has 0 radical (unpaired) electrons. The number of hydrogen-bond acceptors (Lipinski definition) is 1. The third kappa shape index (κ3) is 2.02. The molecule has 0 aliphatic carbocycles. The van der Waals surface area contributed by atoms with Crippen molar-refractivity contribution < 1.29 is 4.39 Å². The van der Waals surface area contributed by atoms with E-state index >= 15 is 0 Å². The highest BCUT2D eigenvalue weighted by molar-refractivity contribution is 6.35. The predicted molar refractivity (Wildman–Crippen MR) is 56.9 cm³/mol. The predicted octanol–water partition coefficient (Wildman–Crippen LogP) is 2.85. The summed E-state index contributed by atoms with van der Waals surface area (Å²) in [5.41, 5.74) is -0.308. The standard InChI is InChI=1S/C10H10Cl2FN/c11-8-2-1-7(9(12)3-8)4-10(13)5-14-6-10/h1-3,14H,4-6H2. The fourth-order valence-electron chi connectivity index (χ4n) is 1.53. The summed E-state index contributed by atoms with van der Waals surface area (Å²) in [5, 5.41) is 4.03. The van der Waals surface area contributed by atoms with Crippen molar-refractivity contribution in [1.29, 1.82) is 0 Å². The van der Waals surface area contributed by atoms with Crippen molar-refractivity contribution in [2.75, 3.05) is 13.1 Å². The molecule has 1 aliphatic heterocycles. The van der Waals surface area contributed by atoms with Crippen molar-refractivity contribution in [3.63, 3.8) is 0 Å². The van der Waals surface area contributed by atoms with Crippen molar-refractivity contribution >= 4 is 23.2 Å². The minimum Gasteiger partial charge on any atom is -0.310 e. The molecule has 0 saturated carbocycles. The van der Waals surface area contributed by atoms with Gasteiger partial charge in [-0.3, -0.25) is 0 Å². The average Bonchev–Trinajstić information content (AvgIpc) is 2.07. The van der Waals surface area contributed by atoms with E-state index in [1.807, 2.05) is 0 Å². The zero-order chi connectivity index (χ0) is 10.2. The van der Waals surface area contributed by atoms with Gasteiger partial charge < -0.3 is 5.32 Å². The summed E-state index contributed by atoms with van der Waals surface area (Å²) in [5.74, 6) is 0. The smallest absolute Gasteiger partial charge is 0.139 e. The van der Waals surface area contributed by atoms with Crippen molar-refractivity contribution in [3.8, 4) is 0 Å². The lowest BCUT2D eigenvalue weighted by molar-refractivity contribution is 0.0912. The van der Waals surface area contributed by atoms with Crippen LogP contribution in [0.3, 0.4) is 0 Å². The molecule has 0 atom stereocenters. The van der Waals surface area contributed by atoms with Crippen LogP contribution >= 0.6 is 23.2 Å². The van der Waals surface area contributed by atoms with Crippen LogP contribution in [-0.4, -0.2) is 18.8 Å². The molecule has 76 valence electrons. The molecular weight excluding hydrogens is 224 g/mol. The van der Waals surface area contributed by atoms with Crippen LogP contribution in [0.15, 0.2) is 18.2 Å². The molecule has 0 amide bonds. The van der Waals surface area contributed by atoms with Crippen LogP contribution in [0.25, 0.3) is 0 Å². The second kappa shape index (κ2) is 3.69. The molecule has 1 aromatic carbocycles. The van der Waals surface area contributed by atoms with Gasteiger partial charge in [-0.2, -0.15) is 0 Å². The Labute approximate surface area is 92.2 Å². The maximum Gasteiger partial charge on any atom is 0.139 e. The Bertz CT molecular complexity index is 350. The van der Waals surface area contributed by atoms with E-state index in [0.29, 0.717) is 29.6 Å². The van der Waals surface area contributed by atoms with Crippen LogP contribution in [0.2, 0.25) is 10.0 Å². The summed E-state index contributed by atoms with van der Waals surface area (Å²) >= 11 is 11.7. The first-order valence-corrected chi connectivity index (χ1v) is 5.18. The number of hydrogen-bond donors (Lipinski definition) is 1. The lowest BCUT2D eigenvalue weighted by atomic mass is 9.91. The van der Waals surface area contributed by atoms with E-state index in [9.17, 15) is 4.39 Å². The molecule has 1 nitrogen and oxygen atoms in total. The second-order valence-corrected chi connectivity index (χ2v) is 4.51. The molecule has 1 fully saturated rings. The molecule has 1 N–H and O–H groups in total. The topological polar surface area (TPSA) is 12.0 Å². The maximum atomic E-state index is 13.7. The maximum absolute atomic E-state index is 13.7. The van der Waals surface area contributed by atoms with Crippen LogP contribution in [0, 0.1) is 0 Å². The van der Waals surface area contributed by atoms with E-state index in [-0.39, 0.29) is 0 Å².